The number of benzene rings is 2. The van der Waals surface area contributed by atoms with Gasteiger partial charge in [-0.25, -0.2) is 9.37 Å². The van der Waals surface area contributed by atoms with E-state index in [4.69, 9.17) is 23.2 Å². The predicted octanol–water partition coefficient (Wildman–Crippen LogP) is 5.36. The Bertz CT molecular complexity index is 817. The average molecular weight is 388 g/mol. The van der Waals surface area contributed by atoms with Crippen LogP contribution < -0.4 is 0 Å². The predicted molar refractivity (Wildman–Crippen MR) is 88.2 cm³/mol. The molecular weight excluding hydrogens is 378 g/mol. The summed E-state index contributed by atoms with van der Waals surface area (Å²) in [5.41, 5.74) is 2.17. The number of imidazole rings is 1. The van der Waals surface area contributed by atoms with Crippen molar-refractivity contribution >= 4 is 50.2 Å². The van der Waals surface area contributed by atoms with Crippen LogP contribution in [0.15, 0.2) is 40.9 Å². The van der Waals surface area contributed by atoms with Gasteiger partial charge in [0.15, 0.2) is 0 Å². The molecule has 1 aromatic heterocycles. The minimum Gasteiger partial charge on any atom is -0.295 e. The Morgan fingerprint density at radius 3 is 2.71 bits per heavy atom. The van der Waals surface area contributed by atoms with E-state index in [-0.39, 0.29) is 5.82 Å². The van der Waals surface area contributed by atoms with E-state index in [2.05, 4.69) is 20.9 Å². The summed E-state index contributed by atoms with van der Waals surface area (Å²) in [7, 11) is 0. The summed E-state index contributed by atoms with van der Waals surface area (Å²) < 4.78 is 16.0. The number of para-hydroxylation sites is 1. The van der Waals surface area contributed by atoms with Crippen LogP contribution in [0, 0.1) is 5.82 Å². The molecule has 0 atom stereocenters. The van der Waals surface area contributed by atoms with Crippen molar-refractivity contribution in [2.24, 2.45) is 0 Å². The number of hydrogen-bond donors (Lipinski definition) is 0. The highest BCUT2D eigenvalue weighted by molar-refractivity contribution is 9.10. The molecular formula is C15H10BrCl2FN2. The summed E-state index contributed by atoms with van der Waals surface area (Å²) in [6.45, 7) is 0. The third kappa shape index (κ3) is 2.68. The topological polar surface area (TPSA) is 17.8 Å². The van der Waals surface area contributed by atoms with Gasteiger partial charge < -0.3 is 0 Å². The molecule has 0 saturated heterocycles. The lowest BCUT2D eigenvalue weighted by molar-refractivity contribution is 0.623. The van der Waals surface area contributed by atoms with Crippen LogP contribution in [0.3, 0.4) is 0 Å². The standard InChI is InChI=1S/C15H10BrCl2FN2/c16-9-7-14-12(8-11(9)19)20-15(5-6-17)21(14)13-4-2-1-3-10(13)18/h1-4,7-8H,5-6H2. The first-order chi connectivity index (χ1) is 10.1. The second kappa shape index (κ2) is 5.95. The third-order valence-corrected chi connectivity index (χ3v) is 4.29. The second-order valence-electron chi connectivity index (χ2n) is 4.51. The van der Waals surface area contributed by atoms with Gasteiger partial charge in [0.2, 0.25) is 0 Å². The van der Waals surface area contributed by atoms with Gasteiger partial charge in [0.25, 0.3) is 0 Å². The fourth-order valence-electron chi connectivity index (χ4n) is 2.28. The van der Waals surface area contributed by atoms with Crippen LogP contribution in [-0.4, -0.2) is 15.4 Å². The average Bonchev–Trinajstić information content (AvgIpc) is 2.78. The summed E-state index contributed by atoms with van der Waals surface area (Å²) in [6, 6.07) is 10.6. The SMILES string of the molecule is Fc1cc2nc(CCCl)n(-c3ccccc3Cl)c2cc1Br. The van der Waals surface area contributed by atoms with Crippen molar-refractivity contribution in [3.63, 3.8) is 0 Å². The molecule has 0 amide bonds. The fraction of sp³-hybridized carbons (Fsp3) is 0.133. The minimum absolute atomic E-state index is 0.344. The summed E-state index contributed by atoms with van der Waals surface area (Å²) in [6.07, 6.45) is 0.570. The van der Waals surface area contributed by atoms with Gasteiger partial charge in [0, 0.05) is 18.4 Å². The first-order valence-electron chi connectivity index (χ1n) is 6.29. The molecule has 6 heteroatoms. The Morgan fingerprint density at radius 1 is 1.24 bits per heavy atom. The number of alkyl halides is 1. The van der Waals surface area contributed by atoms with E-state index in [1.54, 1.807) is 6.07 Å². The van der Waals surface area contributed by atoms with E-state index in [1.807, 2.05) is 28.8 Å². The van der Waals surface area contributed by atoms with Crippen molar-refractivity contribution in [3.05, 3.63) is 57.5 Å². The lowest BCUT2D eigenvalue weighted by atomic mass is 10.2. The zero-order valence-corrected chi connectivity index (χ0v) is 13.9. The van der Waals surface area contributed by atoms with Crippen LogP contribution in [-0.2, 0) is 6.42 Å². The Hall–Kier alpha value is -1.10. The minimum atomic E-state index is -0.344. The summed E-state index contributed by atoms with van der Waals surface area (Å²) in [5, 5.41) is 0.605. The lowest BCUT2D eigenvalue weighted by Crippen LogP contribution is -2.02. The molecule has 0 fully saturated rings. The summed E-state index contributed by atoms with van der Waals surface area (Å²) in [5.74, 6) is 0.839. The Kier molecular flexibility index (Phi) is 4.20. The molecule has 0 aliphatic rings. The maximum absolute atomic E-state index is 13.7. The van der Waals surface area contributed by atoms with Gasteiger partial charge in [-0.2, -0.15) is 0 Å². The van der Waals surface area contributed by atoms with E-state index >= 15 is 0 Å². The van der Waals surface area contributed by atoms with Crippen molar-refractivity contribution in [2.75, 3.05) is 5.88 Å². The quantitative estimate of drug-likeness (QED) is 0.553. The molecule has 0 spiro atoms. The maximum atomic E-state index is 13.7. The Balaban J connectivity index is 2.35. The van der Waals surface area contributed by atoms with Crippen LogP contribution in [0.2, 0.25) is 5.02 Å². The molecule has 0 unspecified atom stereocenters. The van der Waals surface area contributed by atoms with Crippen molar-refractivity contribution < 1.29 is 4.39 Å². The Morgan fingerprint density at radius 2 is 2.00 bits per heavy atom. The second-order valence-corrected chi connectivity index (χ2v) is 6.15. The molecule has 1 heterocycles. The monoisotopic (exact) mass is 386 g/mol. The van der Waals surface area contributed by atoms with Gasteiger partial charge in [0.05, 0.1) is 26.2 Å². The van der Waals surface area contributed by atoms with Crippen LogP contribution >= 0.6 is 39.1 Å². The van der Waals surface area contributed by atoms with Gasteiger partial charge in [-0.3, -0.25) is 4.57 Å². The molecule has 0 N–H and O–H groups in total. The zero-order chi connectivity index (χ0) is 15.0. The molecule has 3 rings (SSSR count). The van der Waals surface area contributed by atoms with Crippen molar-refractivity contribution in [2.45, 2.75) is 6.42 Å². The van der Waals surface area contributed by atoms with E-state index < -0.39 is 0 Å². The van der Waals surface area contributed by atoms with Crippen LogP contribution in [0.5, 0.6) is 0 Å². The molecule has 0 bridgehead atoms. The van der Waals surface area contributed by atoms with Gasteiger partial charge >= 0.3 is 0 Å². The smallest absolute Gasteiger partial charge is 0.139 e. The molecule has 0 saturated carbocycles. The van der Waals surface area contributed by atoms with Crippen molar-refractivity contribution in [1.82, 2.24) is 9.55 Å². The lowest BCUT2D eigenvalue weighted by Gasteiger charge is -2.10. The Labute approximate surface area is 139 Å². The number of aryl methyl sites for hydroxylation is 1. The molecule has 3 aromatic rings. The number of halogens is 4. The van der Waals surface area contributed by atoms with E-state index in [1.165, 1.54) is 6.07 Å². The van der Waals surface area contributed by atoms with E-state index in [0.717, 1.165) is 17.0 Å². The van der Waals surface area contributed by atoms with Gasteiger partial charge in [0.1, 0.15) is 11.6 Å². The molecule has 21 heavy (non-hydrogen) atoms. The number of rotatable bonds is 3. The molecule has 0 radical (unpaired) electrons. The molecule has 2 aromatic carbocycles. The summed E-state index contributed by atoms with van der Waals surface area (Å²) in [4.78, 5) is 4.48. The third-order valence-electron chi connectivity index (χ3n) is 3.18. The molecule has 0 aliphatic heterocycles. The number of hydrogen-bond acceptors (Lipinski definition) is 1. The number of nitrogens with zero attached hydrogens (tertiary/aromatic N) is 2. The van der Waals surface area contributed by atoms with E-state index in [9.17, 15) is 4.39 Å². The largest absolute Gasteiger partial charge is 0.295 e. The number of aromatic nitrogens is 2. The normalized spacial score (nSPS) is 11.2. The molecule has 0 aliphatic carbocycles. The van der Waals surface area contributed by atoms with Crippen molar-refractivity contribution in [1.29, 1.82) is 0 Å². The van der Waals surface area contributed by atoms with Crippen LogP contribution in [0.25, 0.3) is 16.7 Å². The van der Waals surface area contributed by atoms with Gasteiger partial charge in [-0.05, 0) is 34.1 Å². The van der Waals surface area contributed by atoms with Crippen LogP contribution in [0.4, 0.5) is 4.39 Å². The first-order valence-corrected chi connectivity index (χ1v) is 7.99. The fourth-order valence-corrected chi connectivity index (χ4v) is 3.00. The van der Waals surface area contributed by atoms with E-state index in [0.29, 0.717) is 27.3 Å². The van der Waals surface area contributed by atoms with Crippen molar-refractivity contribution in [3.8, 4) is 5.69 Å². The maximum Gasteiger partial charge on any atom is 0.139 e. The highest BCUT2D eigenvalue weighted by Crippen LogP contribution is 2.30. The number of fused-ring (bicyclic) bond motifs is 1. The highest BCUT2D eigenvalue weighted by Gasteiger charge is 2.16. The summed E-state index contributed by atoms with van der Waals surface area (Å²) >= 11 is 15.4. The van der Waals surface area contributed by atoms with Gasteiger partial charge in [-0.1, -0.05) is 23.7 Å². The van der Waals surface area contributed by atoms with Gasteiger partial charge in [-0.15, -0.1) is 11.6 Å². The first kappa shape index (κ1) is 14.8. The van der Waals surface area contributed by atoms with Crippen LogP contribution in [0.1, 0.15) is 5.82 Å². The highest BCUT2D eigenvalue weighted by atomic mass is 79.9. The molecule has 2 nitrogen and oxygen atoms in total. The molecule has 108 valence electrons. The zero-order valence-electron chi connectivity index (χ0n) is 10.8.